The van der Waals surface area contributed by atoms with Crippen LogP contribution in [-0.2, 0) is 6.54 Å². The average molecular weight is 253 g/mol. The zero-order valence-electron chi connectivity index (χ0n) is 10.2. The number of anilines is 1. The largest absolute Gasteiger partial charge is 0.380 e. The fourth-order valence-corrected chi connectivity index (χ4v) is 2.02. The molecule has 0 fully saturated rings. The van der Waals surface area contributed by atoms with Gasteiger partial charge in [0.15, 0.2) is 0 Å². The highest BCUT2D eigenvalue weighted by molar-refractivity contribution is 5.84. The van der Waals surface area contributed by atoms with E-state index in [1.165, 1.54) is 23.2 Å². The molecule has 1 aromatic carbocycles. The van der Waals surface area contributed by atoms with Crippen LogP contribution in [0.4, 0.5) is 10.1 Å². The van der Waals surface area contributed by atoms with E-state index in [-0.39, 0.29) is 0 Å². The molecule has 0 unspecified atom stereocenters. The minimum absolute atomic E-state index is 0.471. The van der Waals surface area contributed by atoms with Crippen molar-refractivity contribution in [3.8, 4) is 0 Å². The predicted molar refractivity (Wildman–Crippen MR) is 73.3 cm³/mol. The fraction of sp³-hybridized carbons (Fsp3) is 0.0667. The number of halogens is 1. The minimum atomic E-state index is -0.471. The molecular formula is C15H12FN3. The lowest BCUT2D eigenvalue weighted by molar-refractivity contribution is 0.584. The van der Waals surface area contributed by atoms with Crippen molar-refractivity contribution in [3.05, 3.63) is 66.5 Å². The summed E-state index contributed by atoms with van der Waals surface area (Å²) in [6.45, 7) is 0.661. The Morgan fingerprint density at radius 3 is 2.84 bits per heavy atom. The molecule has 0 atom stereocenters. The van der Waals surface area contributed by atoms with Gasteiger partial charge in [-0.25, -0.2) is 4.98 Å². The lowest BCUT2D eigenvalue weighted by Crippen LogP contribution is -2.00. The van der Waals surface area contributed by atoms with Crippen LogP contribution in [0.3, 0.4) is 0 Å². The summed E-state index contributed by atoms with van der Waals surface area (Å²) < 4.78 is 12.7. The van der Waals surface area contributed by atoms with E-state index in [1.54, 1.807) is 12.3 Å². The summed E-state index contributed by atoms with van der Waals surface area (Å²) in [7, 11) is 0. The molecule has 0 aliphatic heterocycles. The second kappa shape index (κ2) is 5.02. The van der Waals surface area contributed by atoms with Gasteiger partial charge in [0.2, 0.25) is 5.95 Å². The molecular weight excluding hydrogens is 241 g/mol. The van der Waals surface area contributed by atoms with Gasteiger partial charge in [-0.2, -0.15) is 4.39 Å². The van der Waals surface area contributed by atoms with Crippen molar-refractivity contribution in [1.82, 2.24) is 9.97 Å². The summed E-state index contributed by atoms with van der Waals surface area (Å²) in [4.78, 5) is 7.72. The van der Waals surface area contributed by atoms with Crippen LogP contribution in [-0.4, -0.2) is 9.97 Å². The molecule has 0 saturated heterocycles. The lowest BCUT2D eigenvalue weighted by atomic mass is 10.1. The first-order valence-electron chi connectivity index (χ1n) is 6.00. The van der Waals surface area contributed by atoms with Crippen molar-refractivity contribution < 1.29 is 4.39 Å². The molecule has 0 saturated carbocycles. The molecule has 0 bridgehead atoms. The number of nitrogens with one attached hydrogen (secondary N) is 1. The molecule has 2 heterocycles. The maximum absolute atomic E-state index is 12.7. The second-order valence-electron chi connectivity index (χ2n) is 4.24. The Bertz CT molecular complexity index is 690. The standard InChI is InChI=1S/C15H12FN3/c16-15-5-4-13(10-19-15)18-9-12-3-1-2-11-8-17-7-6-14(11)12/h1-8,10,18H,9H2. The summed E-state index contributed by atoms with van der Waals surface area (Å²) in [5.74, 6) is -0.471. The molecule has 0 spiro atoms. The molecule has 0 amide bonds. The third-order valence-corrected chi connectivity index (χ3v) is 2.98. The second-order valence-corrected chi connectivity index (χ2v) is 4.24. The van der Waals surface area contributed by atoms with Crippen molar-refractivity contribution in [2.75, 3.05) is 5.32 Å². The highest BCUT2D eigenvalue weighted by Gasteiger charge is 2.01. The number of rotatable bonds is 3. The van der Waals surface area contributed by atoms with Gasteiger partial charge in [0.05, 0.1) is 11.9 Å². The van der Waals surface area contributed by atoms with Crippen LogP contribution in [0.2, 0.25) is 0 Å². The Labute approximate surface area is 110 Å². The van der Waals surface area contributed by atoms with Crippen LogP contribution in [0.25, 0.3) is 10.8 Å². The van der Waals surface area contributed by atoms with Crippen LogP contribution in [0.5, 0.6) is 0 Å². The maximum atomic E-state index is 12.7. The van der Waals surface area contributed by atoms with Crippen LogP contribution in [0.15, 0.2) is 55.0 Å². The predicted octanol–water partition coefficient (Wildman–Crippen LogP) is 3.38. The van der Waals surface area contributed by atoms with Gasteiger partial charge in [-0.05, 0) is 29.1 Å². The van der Waals surface area contributed by atoms with E-state index in [2.05, 4.69) is 21.4 Å². The topological polar surface area (TPSA) is 37.8 Å². The summed E-state index contributed by atoms with van der Waals surface area (Å²) >= 11 is 0. The van der Waals surface area contributed by atoms with E-state index >= 15 is 0 Å². The van der Waals surface area contributed by atoms with Crippen molar-refractivity contribution in [3.63, 3.8) is 0 Å². The number of nitrogens with zero attached hydrogens (tertiary/aromatic N) is 2. The highest BCUT2D eigenvalue weighted by Crippen LogP contribution is 2.18. The van der Waals surface area contributed by atoms with E-state index < -0.39 is 5.95 Å². The van der Waals surface area contributed by atoms with Crippen molar-refractivity contribution in [2.24, 2.45) is 0 Å². The molecule has 2 aromatic heterocycles. The van der Waals surface area contributed by atoms with Crippen molar-refractivity contribution >= 4 is 16.5 Å². The van der Waals surface area contributed by atoms with E-state index in [0.717, 1.165) is 11.1 Å². The molecule has 0 aliphatic rings. The van der Waals surface area contributed by atoms with Crippen molar-refractivity contribution in [1.29, 1.82) is 0 Å². The molecule has 94 valence electrons. The zero-order chi connectivity index (χ0) is 13.1. The SMILES string of the molecule is Fc1ccc(NCc2cccc3cnccc23)cn1. The summed E-state index contributed by atoms with van der Waals surface area (Å²) in [6.07, 6.45) is 5.12. The molecule has 0 radical (unpaired) electrons. The minimum Gasteiger partial charge on any atom is -0.380 e. The smallest absolute Gasteiger partial charge is 0.212 e. The molecule has 0 aliphatic carbocycles. The molecule has 1 N–H and O–H groups in total. The van der Waals surface area contributed by atoms with Gasteiger partial charge in [-0.1, -0.05) is 18.2 Å². The summed E-state index contributed by atoms with van der Waals surface area (Å²) in [5.41, 5.74) is 1.97. The molecule has 3 nitrogen and oxygen atoms in total. The number of benzene rings is 1. The number of aromatic nitrogens is 2. The van der Waals surface area contributed by atoms with Gasteiger partial charge in [0.25, 0.3) is 0 Å². The Morgan fingerprint density at radius 1 is 1.05 bits per heavy atom. The number of hydrogen-bond acceptors (Lipinski definition) is 3. The van der Waals surface area contributed by atoms with Gasteiger partial charge in [-0.15, -0.1) is 0 Å². The normalized spacial score (nSPS) is 10.6. The van der Waals surface area contributed by atoms with Gasteiger partial charge < -0.3 is 5.32 Å². The summed E-state index contributed by atoms with van der Waals surface area (Å²) in [6, 6.07) is 11.1. The quantitative estimate of drug-likeness (QED) is 0.727. The van der Waals surface area contributed by atoms with E-state index in [4.69, 9.17) is 0 Å². The third kappa shape index (κ3) is 2.52. The van der Waals surface area contributed by atoms with E-state index in [1.807, 2.05) is 24.4 Å². The van der Waals surface area contributed by atoms with Gasteiger partial charge in [0, 0.05) is 24.3 Å². The Balaban J connectivity index is 1.84. The Hall–Kier alpha value is -2.49. The third-order valence-electron chi connectivity index (χ3n) is 2.98. The summed E-state index contributed by atoms with van der Waals surface area (Å²) in [5, 5.41) is 5.51. The first-order chi connectivity index (χ1) is 9.33. The van der Waals surface area contributed by atoms with Crippen LogP contribution < -0.4 is 5.32 Å². The fourth-order valence-electron chi connectivity index (χ4n) is 2.02. The first-order valence-corrected chi connectivity index (χ1v) is 6.00. The highest BCUT2D eigenvalue weighted by atomic mass is 19.1. The van der Waals surface area contributed by atoms with Crippen LogP contribution >= 0.6 is 0 Å². The first kappa shape index (κ1) is 11.6. The number of pyridine rings is 2. The van der Waals surface area contributed by atoms with Gasteiger partial charge in [-0.3, -0.25) is 4.98 Å². The molecule has 19 heavy (non-hydrogen) atoms. The van der Waals surface area contributed by atoms with Crippen molar-refractivity contribution in [2.45, 2.75) is 6.54 Å². The lowest BCUT2D eigenvalue weighted by Gasteiger charge is -2.08. The van der Waals surface area contributed by atoms with Gasteiger partial charge >= 0.3 is 0 Å². The van der Waals surface area contributed by atoms with Crippen LogP contribution in [0, 0.1) is 5.95 Å². The zero-order valence-corrected chi connectivity index (χ0v) is 10.2. The van der Waals surface area contributed by atoms with E-state index in [9.17, 15) is 4.39 Å². The van der Waals surface area contributed by atoms with E-state index in [0.29, 0.717) is 6.54 Å². The monoisotopic (exact) mass is 253 g/mol. The Morgan fingerprint density at radius 2 is 2.00 bits per heavy atom. The average Bonchev–Trinajstić information content (AvgIpc) is 2.47. The molecule has 4 heteroatoms. The number of hydrogen-bond donors (Lipinski definition) is 1. The Kier molecular flexibility index (Phi) is 3.06. The maximum Gasteiger partial charge on any atom is 0.212 e. The molecule has 3 rings (SSSR count). The van der Waals surface area contributed by atoms with Crippen LogP contribution in [0.1, 0.15) is 5.56 Å². The molecule has 3 aromatic rings. The van der Waals surface area contributed by atoms with Gasteiger partial charge in [0.1, 0.15) is 0 Å². The number of fused-ring (bicyclic) bond motifs is 1.